The summed E-state index contributed by atoms with van der Waals surface area (Å²) < 4.78 is 44.6. The summed E-state index contributed by atoms with van der Waals surface area (Å²) in [5.74, 6) is -1.79. The molecule has 0 aliphatic carbocycles. The summed E-state index contributed by atoms with van der Waals surface area (Å²) in [6.45, 7) is 4.71. The van der Waals surface area contributed by atoms with Crippen molar-refractivity contribution in [3.05, 3.63) is 53.6 Å². The molecule has 0 bridgehead atoms. The van der Waals surface area contributed by atoms with Gasteiger partial charge in [-0.15, -0.1) is 0 Å². The van der Waals surface area contributed by atoms with E-state index in [-0.39, 0.29) is 18.8 Å². The summed E-state index contributed by atoms with van der Waals surface area (Å²) in [5, 5.41) is 0. The molecular formula is C42H70O7S. The molecule has 0 saturated carbocycles. The Morgan fingerprint density at radius 1 is 0.540 bits per heavy atom. The third-order valence-electron chi connectivity index (χ3n) is 9.01. The minimum absolute atomic E-state index is 0.0753. The van der Waals surface area contributed by atoms with Crippen molar-refractivity contribution in [3.63, 3.8) is 0 Å². The Kier molecular flexibility index (Phi) is 28.5. The fourth-order valence-corrected chi connectivity index (χ4v) is 6.65. The van der Waals surface area contributed by atoms with E-state index in [2.05, 4.69) is 38.2 Å². The van der Waals surface area contributed by atoms with E-state index < -0.39 is 32.5 Å². The molecule has 50 heavy (non-hydrogen) atoms. The summed E-state index contributed by atoms with van der Waals surface area (Å²) in [6, 6.07) is 3.71. The average molecular weight is 719 g/mol. The standard InChI is InChI=1S/C42H70O7S/c1-3-5-7-9-11-13-15-17-19-21-23-25-27-29-31-36-48-41(43)38-34-33-35-39(50(45,46)47)40(38)42(44)49-37-32-30-28-26-24-22-20-18-16-14-12-10-8-6-4-2/h23-26,33-35H,3-22,27-32,36-37H2,1-2H3,(H,45,46,47)/b25-23+,26-24+. The predicted octanol–water partition coefficient (Wildman–Crippen LogP) is 12.5. The number of carbonyl (C=O) groups excluding carboxylic acids is 2. The Balaban J connectivity index is 2.33. The van der Waals surface area contributed by atoms with Gasteiger partial charge in [-0.1, -0.05) is 147 Å². The predicted molar refractivity (Wildman–Crippen MR) is 206 cm³/mol. The Bertz CT molecular complexity index is 1170. The lowest BCUT2D eigenvalue weighted by Crippen LogP contribution is -2.19. The molecule has 0 aromatic heterocycles. The van der Waals surface area contributed by atoms with Crippen LogP contribution in [0.2, 0.25) is 0 Å². The molecule has 0 radical (unpaired) electrons. The van der Waals surface area contributed by atoms with Crippen molar-refractivity contribution >= 4 is 22.1 Å². The maximum absolute atomic E-state index is 13.0. The van der Waals surface area contributed by atoms with Crippen LogP contribution in [0.15, 0.2) is 47.4 Å². The van der Waals surface area contributed by atoms with Gasteiger partial charge in [0.15, 0.2) is 0 Å². The molecule has 1 aromatic carbocycles. The minimum atomic E-state index is -4.77. The Hall–Kier alpha value is -2.45. The Labute approximate surface area is 305 Å². The zero-order valence-electron chi connectivity index (χ0n) is 31.6. The first-order valence-electron chi connectivity index (χ1n) is 20.1. The van der Waals surface area contributed by atoms with Gasteiger partial charge in [0.1, 0.15) is 4.90 Å². The summed E-state index contributed by atoms with van der Waals surface area (Å²) in [5.41, 5.74) is -0.717. The normalized spacial score (nSPS) is 11.9. The molecule has 8 heteroatoms. The molecule has 286 valence electrons. The second-order valence-corrected chi connectivity index (χ2v) is 15.0. The number of hydrogen-bond donors (Lipinski definition) is 1. The van der Waals surface area contributed by atoms with E-state index in [0.717, 1.165) is 44.6 Å². The van der Waals surface area contributed by atoms with E-state index in [9.17, 15) is 22.6 Å². The molecule has 1 rings (SSSR count). The molecule has 0 saturated heterocycles. The van der Waals surface area contributed by atoms with Crippen LogP contribution in [0.25, 0.3) is 0 Å². The van der Waals surface area contributed by atoms with Gasteiger partial charge in [-0.2, -0.15) is 8.42 Å². The molecule has 1 N–H and O–H groups in total. The van der Waals surface area contributed by atoms with Crippen molar-refractivity contribution in [2.45, 2.75) is 186 Å². The van der Waals surface area contributed by atoms with Crippen molar-refractivity contribution in [3.8, 4) is 0 Å². The first-order chi connectivity index (χ1) is 24.3. The zero-order valence-corrected chi connectivity index (χ0v) is 32.5. The van der Waals surface area contributed by atoms with Gasteiger partial charge in [-0.3, -0.25) is 4.55 Å². The lowest BCUT2D eigenvalue weighted by molar-refractivity contribution is 0.0447. The van der Waals surface area contributed by atoms with Crippen LogP contribution in [0.3, 0.4) is 0 Å². The number of allylic oxidation sites excluding steroid dienone is 4. The third kappa shape index (κ3) is 23.9. The molecule has 0 spiro atoms. The molecule has 0 aliphatic heterocycles. The average Bonchev–Trinajstić information content (AvgIpc) is 3.10. The molecule has 1 aromatic rings. The van der Waals surface area contributed by atoms with Crippen molar-refractivity contribution < 1.29 is 32.0 Å². The largest absolute Gasteiger partial charge is 0.462 e. The Morgan fingerprint density at radius 3 is 1.30 bits per heavy atom. The summed E-state index contributed by atoms with van der Waals surface area (Å²) in [4.78, 5) is 25.2. The zero-order chi connectivity index (χ0) is 36.5. The molecule has 0 aliphatic rings. The summed E-state index contributed by atoms with van der Waals surface area (Å²) in [7, 11) is -4.77. The molecule has 0 amide bonds. The van der Waals surface area contributed by atoms with Crippen molar-refractivity contribution in [2.75, 3.05) is 13.2 Å². The summed E-state index contributed by atoms with van der Waals surface area (Å²) in [6.07, 6.45) is 39.3. The summed E-state index contributed by atoms with van der Waals surface area (Å²) >= 11 is 0. The second-order valence-electron chi connectivity index (χ2n) is 13.6. The van der Waals surface area contributed by atoms with Crippen molar-refractivity contribution in [1.82, 2.24) is 0 Å². The van der Waals surface area contributed by atoms with Crippen LogP contribution in [-0.4, -0.2) is 38.1 Å². The molecule has 0 heterocycles. The van der Waals surface area contributed by atoms with Gasteiger partial charge in [0.05, 0.1) is 24.3 Å². The molecule has 0 unspecified atom stereocenters. The van der Waals surface area contributed by atoms with Crippen LogP contribution in [0.4, 0.5) is 0 Å². The van der Waals surface area contributed by atoms with Gasteiger partial charge in [0.25, 0.3) is 10.1 Å². The number of rotatable bonds is 33. The van der Waals surface area contributed by atoms with Crippen molar-refractivity contribution in [2.24, 2.45) is 0 Å². The fourth-order valence-electron chi connectivity index (χ4n) is 5.95. The first-order valence-corrected chi connectivity index (χ1v) is 21.5. The van der Waals surface area contributed by atoms with Crippen LogP contribution >= 0.6 is 0 Å². The monoisotopic (exact) mass is 718 g/mol. The lowest BCUT2D eigenvalue weighted by Gasteiger charge is -2.12. The van der Waals surface area contributed by atoms with Gasteiger partial charge in [0, 0.05) is 0 Å². The molecular weight excluding hydrogens is 649 g/mol. The highest BCUT2D eigenvalue weighted by atomic mass is 32.2. The van der Waals surface area contributed by atoms with Gasteiger partial charge < -0.3 is 9.47 Å². The second kappa shape index (κ2) is 31.3. The maximum atomic E-state index is 13.0. The molecule has 7 nitrogen and oxygen atoms in total. The molecule has 0 atom stereocenters. The highest BCUT2D eigenvalue weighted by Gasteiger charge is 2.28. The van der Waals surface area contributed by atoms with Gasteiger partial charge >= 0.3 is 11.9 Å². The van der Waals surface area contributed by atoms with Crippen LogP contribution < -0.4 is 0 Å². The van der Waals surface area contributed by atoms with E-state index >= 15 is 0 Å². The smallest absolute Gasteiger partial charge is 0.340 e. The number of unbranched alkanes of at least 4 members (excludes halogenated alkanes) is 22. The van der Waals surface area contributed by atoms with E-state index in [4.69, 9.17) is 9.47 Å². The van der Waals surface area contributed by atoms with Crippen LogP contribution in [-0.2, 0) is 19.6 Å². The van der Waals surface area contributed by atoms with E-state index in [1.807, 2.05) is 0 Å². The number of hydrogen-bond acceptors (Lipinski definition) is 6. The van der Waals surface area contributed by atoms with Gasteiger partial charge in [0.2, 0.25) is 0 Å². The van der Waals surface area contributed by atoms with Gasteiger partial charge in [-0.05, 0) is 76.3 Å². The number of esters is 2. The minimum Gasteiger partial charge on any atom is -0.462 e. The topological polar surface area (TPSA) is 107 Å². The van der Waals surface area contributed by atoms with Crippen molar-refractivity contribution in [1.29, 1.82) is 0 Å². The van der Waals surface area contributed by atoms with E-state index in [0.29, 0.717) is 12.8 Å². The van der Waals surface area contributed by atoms with E-state index in [1.165, 1.54) is 128 Å². The highest BCUT2D eigenvalue weighted by Crippen LogP contribution is 2.23. The Morgan fingerprint density at radius 2 is 0.900 bits per heavy atom. The maximum Gasteiger partial charge on any atom is 0.340 e. The lowest BCUT2D eigenvalue weighted by atomic mass is 10.1. The molecule has 0 fully saturated rings. The quantitative estimate of drug-likeness (QED) is 0.0333. The third-order valence-corrected chi connectivity index (χ3v) is 9.90. The van der Waals surface area contributed by atoms with Crippen LogP contribution in [0.1, 0.15) is 202 Å². The van der Waals surface area contributed by atoms with Crippen LogP contribution in [0.5, 0.6) is 0 Å². The highest BCUT2D eigenvalue weighted by molar-refractivity contribution is 7.86. The van der Waals surface area contributed by atoms with E-state index in [1.54, 1.807) is 0 Å². The first kappa shape index (κ1) is 45.6. The van der Waals surface area contributed by atoms with Crippen LogP contribution in [0, 0.1) is 0 Å². The number of carbonyl (C=O) groups is 2. The number of benzene rings is 1. The SMILES string of the molecule is CCCCCCCCCCC/C=C/CCCCOC(=O)c1cccc(S(=O)(=O)O)c1C(=O)OCCCC/C=C/CCCCCCCCCCC. The number of ether oxygens (including phenoxy) is 2. The van der Waals surface area contributed by atoms with Gasteiger partial charge in [-0.25, -0.2) is 9.59 Å². The fraction of sp³-hybridized carbons (Fsp3) is 0.714.